The van der Waals surface area contributed by atoms with Crippen LogP contribution in [-0.4, -0.2) is 9.55 Å². The van der Waals surface area contributed by atoms with E-state index in [1.165, 1.54) is 6.07 Å². The van der Waals surface area contributed by atoms with Crippen LogP contribution in [0, 0.1) is 17.5 Å². The third-order valence-corrected chi connectivity index (χ3v) is 3.90. The average Bonchev–Trinajstić information content (AvgIpc) is 2.66. The number of fused-ring (bicyclic) bond motifs is 1. The number of hydrogen-bond donors (Lipinski definition) is 1. The molecule has 3 rings (SSSR count). The molecule has 1 aromatic heterocycles. The number of nitrogens with one attached hydrogen (secondary N) is 1. The molecule has 18 heavy (non-hydrogen) atoms. The molecule has 0 saturated heterocycles. The number of imidazole rings is 1. The van der Waals surface area contributed by atoms with Gasteiger partial charge >= 0.3 is 0 Å². The summed E-state index contributed by atoms with van der Waals surface area (Å²) < 4.78 is 16.4. The summed E-state index contributed by atoms with van der Waals surface area (Å²) in [7, 11) is 0. The van der Waals surface area contributed by atoms with Gasteiger partial charge in [-0.1, -0.05) is 12.2 Å². The Morgan fingerprint density at radius 1 is 1.39 bits per heavy atom. The molecule has 1 N–H and O–H groups in total. The van der Waals surface area contributed by atoms with Gasteiger partial charge in [-0.05, 0) is 56.1 Å². The number of aryl methyl sites for hydroxylation is 1. The topological polar surface area (TPSA) is 20.7 Å². The highest BCUT2D eigenvalue weighted by atomic mass is 32.1. The summed E-state index contributed by atoms with van der Waals surface area (Å²) in [6.45, 7) is 1.79. The van der Waals surface area contributed by atoms with E-state index in [2.05, 4.69) is 21.7 Å². The van der Waals surface area contributed by atoms with E-state index in [0.717, 1.165) is 30.3 Å². The van der Waals surface area contributed by atoms with Gasteiger partial charge in [0.2, 0.25) is 0 Å². The van der Waals surface area contributed by atoms with E-state index < -0.39 is 0 Å². The van der Waals surface area contributed by atoms with Crippen LogP contribution in [0.1, 0.15) is 30.9 Å². The standard InChI is InChI=1S/C14H15FN2S/c1-9-7-13-12(8-11(9)15)16-14(18)17(13)10-5-3-2-4-6-10/h2-3,7-8,10H,4-6H2,1H3,(H,16,18). The molecule has 0 amide bonds. The number of H-pyrrole nitrogens is 1. The van der Waals surface area contributed by atoms with E-state index in [1.807, 2.05) is 6.07 Å². The predicted molar refractivity (Wildman–Crippen MR) is 73.8 cm³/mol. The van der Waals surface area contributed by atoms with Gasteiger partial charge in [-0.25, -0.2) is 4.39 Å². The van der Waals surface area contributed by atoms with Gasteiger partial charge in [0.15, 0.2) is 4.77 Å². The van der Waals surface area contributed by atoms with Crippen molar-refractivity contribution in [1.82, 2.24) is 9.55 Å². The Bertz CT molecular complexity index is 681. The van der Waals surface area contributed by atoms with Crippen molar-refractivity contribution in [2.45, 2.75) is 32.2 Å². The molecule has 1 unspecified atom stereocenters. The van der Waals surface area contributed by atoms with Gasteiger partial charge < -0.3 is 9.55 Å². The molecule has 1 aliphatic rings. The smallest absolute Gasteiger partial charge is 0.178 e. The van der Waals surface area contributed by atoms with E-state index in [1.54, 1.807) is 6.92 Å². The predicted octanol–water partition coefficient (Wildman–Crippen LogP) is 4.43. The van der Waals surface area contributed by atoms with E-state index in [0.29, 0.717) is 16.4 Å². The first kappa shape index (κ1) is 11.7. The zero-order valence-electron chi connectivity index (χ0n) is 10.2. The molecular weight excluding hydrogens is 247 g/mol. The fourth-order valence-electron chi connectivity index (χ4n) is 2.63. The fourth-order valence-corrected chi connectivity index (χ4v) is 2.98. The Morgan fingerprint density at radius 2 is 2.22 bits per heavy atom. The molecule has 4 heteroatoms. The summed E-state index contributed by atoms with van der Waals surface area (Å²) in [6, 6.07) is 3.81. The summed E-state index contributed by atoms with van der Waals surface area (Å²) in [5.74, 6) is -0.186. The Hall–Kier alpha value is -1.42. The summed E-state index contributed by atoms with van der Waals surface area (Å²) in [4.78, 5) is 3.11. The minimum Gasteiger partial charge on any atom is -0.330 e. The Morgan fingerprint density at radius 3 is 2.94 bits per heavy atom. The van der Waals surface area contributed by atoms with Crippen molar-refractivity contribution in [2.75, 3.05) is 0 Å². The molecule has 1 atom stereocenters. The van der Waals surface area contributed by atoms with Gasteiger partial charge in [-0.2, -0.15) is 0 Å². The van der Waals surface area contributed by atoms with Gasteiger partial charge in [0, 0.05) is 6.04 Å². The van der Waals surface area contributed by atoms with Crippen LogP contribution in [0.5, 0.6) is 0 Å². The largest absolute Gasteiger partial charge is 0.330 e. The summed E-state index contributed by atoms with van der Waals surface area (Å²) >= 11 is 5.38. The fraction of sp³-hybridized carbons (Fsp3) is 0.357. The van der Waals surface area contributed by atoms with Crippen molar-refractivity contribution in [3.63, 3.8) is 0 Å². The Kier molecular flexibility index (Phi) is 2.82. The molecule has 2 aromatic rings. The minimum atomic E-state index is -0.186. The maximum absolute atomic E-state index is 13.6. The van der Waals surface area contributed by atoms with Crippen molar-refractivity contribution in [3.05, 3.63) is 40.4 Å². The normalized spacial score (nSPS) is 19.6. The summed E-state index contributed by atoms with van der Waals surface area (Å²) in [5, 5.41) is 0. The molecule has 0 aliphatic heterocycles. The molecule has 0 spiro atoms. The van der Waals surface area contributed by atoms with Crippen molar-refractivity contribution < 1.29 is 4.39 Å². The van der Waals surface area contributed by atoms with Crippen LogP contribution >= 0.6 is 12.2 Å². The molecule has 1 aliphatic carbocycles. The molecule has 0 saturated carbocycles. The van der Waals surface area contributed by atoms with Gasteiger partial charge in [-0.3, -0.25) is 0 Å². The number of halogens is 1. The van der Waals surface area contributed by atoms with Crippen LogP contribution in [0.25, 0.3) is 11.0 Å². The number of benzene rings is 1. The lowest BCUT2D eigenvalue weighted by Gasteiger charge is -2.20. The van der Waals surface area contributed by atoms with Crippen molar-refractivity contribution in [2.24, 2.45) is 0 Å². The first-order valence-corrected chi connectivity index (χ1v) is 6.63. The highest BCUT2D eigenvalue weighted by Gasteiger charge is 2.17. The first-order valence-electron chi connectivity index (χ1n) is 6.22. The second kappa shape index (κ2) is 4.35. The monoisotopic (exact) mass is 262 g/mol. The van der Waals surface area contributed by atoms with Crippen LogP contribution < -0.4 is 0 Å². The van der Waals surface area contributed by atoms with Crippen molar-refractivity contribution >= 4 is 23.3 Å². The summed E-state index contributed by atoms with van der Waals surface area (Å²) in [6.07, 6.45) is 7.58. The quantitative estimate of drug-likeness (QED) is 0.595. The number of aromatic nitrogens is 2. The van der Waals surface area contributed by atoms with Crippen molar-refractivity contribution in [3.8, 4) is 0 Å². The second-order valence-corrected chi connectivity index (χ2v) is 5.24. The van der Waals surface area contributed by atoms with E-state index in [9.17, 15) is 4.39 Å². The highest BCUT2D eigenvalue weighted by Crippen LogP contribution is 2.29. The molecule has 1 heterocycles. The lowest BCUT2D eigenvalue weighted by molar-refractivity contribution is 0.467. The van der Waals surface area contributed by atoms with Crippen LogP contribution in [0.3, 0.4) is 0 Å². The maximum Gasteiger partial charge on any atom is 0.178 e. The third-order valence-electron chi connectivity index (χ3n) is 3.60. The zero-order valence-corrected chi connectivity index (χ0v) is 11.1. The van der Waals surface area contributed by atoms with Gasteiger partial charge in [0.05, 0.1) is 11.0 Å². The van der Waals surface area contributed by atoms with E-state index in [-0.39, 0.29) is 5.82 Å². The lowest BCUT2D eigenvalue weighted by atomic mass is 10.0. The second-order valence-electron chi connectivity index (χ2n) is 4.86. The SMILES string of the molecule is Cc1cc2c(cc1F)[nH]c(=S)n2C1CC=CCC1. The summed E-state index contributed by atoms with van der Waals surface area (Å²) in [5.41, 5.74) is 2.47. The van der Waals surface area contributed by atoms with Crippen LogP contribution in [0.15, 0.2) is 24.3 Å². The lowest BCUT2D eigenvalue weighted by Crippen LogP contribution is -2.10. The van der Waals surface area contributed by atoms with E-state index in [4.69, 9.17) is 12.2 Å². The molecular formula is C14H15FN2S. The number of nitrogens with zero attached hydrogens (tertiary/aromatic N) is 1. The third kappa shape index (κ3) is 1.81. The van der Waals surface area contributed by atoms with Crippen LogP contribution in [0.4, 0.5) is 4.39 Å². The molecule has 2 nitrogen and oxygen atoms in total. The number of rotatable bonds is 1. The maximum atomic E-state index is 13.6. The molecule has 1 aromatic carbocycles. The van der Waals surface area contributed by atoms with Crippen LogP contribution in [-0.2, 0) is 0 Å². The van der Waals surface area contributed by atoms with Crippen LogP contribution in [0.2, 0.25) is 0 Å². The highest BCUT2D eigenvalue weighted by molar-refractivity contribution is 7.71. The number of aromatic amines is 1. The Balaban J connectivity index is 2.22. The molecule has 0 bridgehead atoms. The number of hydrogen-bond acceptors (Lipinski definition) is 1. The van der Waals surface area contributed by atoms with E-state index >= 15 is 0 Å². The van der Waals surface area contributed by atoms with Gasteiger partial charge in [0.1, 0.15) is 5.82 Å². The molecule has 94 valence electrons. The Labute approximate surface area is 110 Å². The first-order chi connectivity index (χ1) is 8.66. The average molecular weight is 262 g/mol. The van der Waals surface area contributed by atoms with Gasteiger partial charge in [0.25, 0.3) is 0 Å². The molecule has 0 radical (unpaired) electrons. The molecule has 0 fully saturated rings. The number of allylic oxidation sites excluding steroid dienone is 2. The zero-order chi connectivity index (χ0) is 12.7. The minimum absolute atomic E-state index is 0.186. The van der Waals surface area contributed by atoms with Gasteiger partial charge in [-0.15, -0.1) is 0 Å². The van der Waals surface area contributed by atoms with Crippen molar-refractivity contribution in [1.29, 1.82) is 0 Å².